The van der Waals surface area contributed by atoms with E-state index >= 15 is 0 Å². The fourth-order valence-electron chi connectivity index (χ4n) is 3.00. The Morgan fingerprint density at radius 1 is 1.00 bits per heavy atom. The Bertz CT molecular complexity index is 1110. The molecule has 5 heteroatoms. The minimum atomic E-state index is 0.560. The van der Waals surface area contributed by atoms with Crippen LogP contribution in [-0.2, 0) is 4.79 Å². The summed E-state index contributed by atoms with van der Waals surface area (Å²) in [5, 5.41) is 4.69. The number of fused-ring (bicyclic) bond motifs is 1. The van der Waals surface area contributed by atoms with E-state index in [2.05, 4.69) is 27.2 Å². The van der Waals surface area contributed by atoms with Crippen molar-refractivity contribution in [1.29, 1.82) is 0 Å². The number of hydrogen-bond donors (Lipinski definition) is 0. The van der Waals surface area contributed by atoms with Gasteiger partial charge in [-0.3, -0.25) is 0 Å². The second kappa shape index (κ2) is 6.15. The normalized spacial score (nSPS) is 10.6. The Morgan fingerprint density at radius 3 is 2.60 bits per heavy atom. The van der Waals surface area contributed by atoms with Gasteiger partial charge in [-0.25, -0.2) is 14.3 Å². The van der Waals surface area contributed by atoms with Gasteiger partial charge < -0.3 is 0 Å². The van der Waals surface area contributed by atoms with Crippen LogP contribution in [0.5, 0.6) is 0 Å². The van der Waals surface area contributed by atoms with Gasteiger partial charge >= 0.3 is 0 Å². The van der Waals surface area contributed by atoms with Crippen molar-refractivity contribution in [3.05, 3.63) is 72.6 Å². The van der Waals surface area contributed by atoms with Gasteiger partial charge in [0.05, 0.1) is 17.1 Å². The van der Waals surface area contributed by atoms with Crippen molar-refractivity contribution in [2.75, 3.05) is 0 Å². The molecule has 0 radical (unpaired) electrons. The molecule has 0 unspecified atom stereocenters. The number of isocyanates is 1. The first-order chi connectivity index (χ1) is 12.3. The Hall–Kier alpha value is -3.56. The van der Waals surface area contributed by atoms with Gasteiger partial charge in [-0.2, -0.15) is 10.1 Å². The monoisotopic (exact) mass is 326 g/mol. The van der Waals surface area contributed by atoms with Gasteiger partial charge in [0.1, 0.15) is 0 Å². The van der Waals surface area contributed by atoms with Gasteiger partial charge in [0.15, 0.2) is 5.65 Å². The van der Waals surface area contributed by atoms with Crippen molar-refractivity contribution >= 4 is 17.4 Å². The van der Waals surface area contributed by atoms with Crippen LogP contribution < -0.4 is 0 Å². The summed E-state index contributed by atoms with van der Waals surface area (Å²) in [5.74, 6) is 0. The van der Waals surface area contributed by atoms with Crippen LogP contribution in [0.4, 0.5) is 5.69 Å². The molecule has 4 aromatic rings. The van der Waals surface area contributed by atoms with Gasteiger partial charge in [0.2, 0.25) is 6.08 Å². The highest BCUT2D eigenvalue weighted by atomic mass is 16.1. The summed E-state index contributed by atoms with van der Waals surface area (Å²) in [7, 11) is 0. The molecule has 0 aliphatic rings. The molecule has 0 aliphatic heterocycles. The zero-order valence-corrected chi connectivity index (χ0v) is 13.5. The van der Waals surface area contributed by atoms with E-state index in [-0.39, 0.29) is 0 Å². The lowest BCUT2D eigenvalue weighted by molar-refractivity contribution is 0.565. The Morgan fingerprint density at radius 2 is 1.80 bits per heavy atom. The number of aliphatic imine (C=N–C) groups is 1. The number of hydrogen-bond acceptors (Lipinski definition) is 4. The van der Waals surface area contributed by atoms with Crippen molar-refractivity contribution in [3.63, 3.8) is 0 Å². The number of rotatable bonds is 3. The Balaban J connectivity index is 1.96. The summed E-state index contributed by atoms with van der Waals surface area (Å²) >= 11 is 0. The Labute approximate surface area is 144 Å². The summed E-state index contributed by atoms with van der Waals surface area (Å²) in [6.07, 6.45) is 3.35. The van der Waals surface area contributed by atoms with E-state index in [0.717, 1.165) is 33.7 Å². The molecule has 0 bridgehead atoms. The maximum Gasteiger partial charge on any atom is 0.240 e. The van der Waals surface area contributed by atoms with Gasteiger partial charge in [0.25, 0.3) is 0 Å². The second-order valence-corrected chi connectivity index (χ2v) is 5.65. The molecular formula is C20H14N4O. The molecule has 0 saturated heterocycles. The van der Waals surface area contributed by atoms with Gasteiger partial charge in [-0.05, 0) is 30.7 Å². The molecule has 0 saturated carbocycles. The van der Waals surface area contributed by atoms with Crippen LogP contribution in [0, 0.1) is 6.92 Å². The molecule has 2 aromatic carbocycles. The van der Waals surface area contributed by atoms with Crippen LogP contribution in [0.2, 0.25) is 0 Å². The largest absolute Gasteiger partial charge is 0.240 e. The summed E-state index contributed by atoms with van der Waals surface area (Å²) in [6, 6.07) is 19.4. The highest BCUT2D eigenvalue weighted by Crippen LogP contribution is 2.30. The lowest BCUT2D eigenvalue weighted by Gasteiger charge is -2.06. The average molecular weight is 326 g/mol. The van der Waals surface area contributed by atoms with Crippen LogP contribution in [0.25, 0.3) is 28.0 Å². The van der Waals surface area contributed by atoms with Crippen LogP contribution >= 0.6 is 0 Å². The van der Waals surface area contributed by atoms with E-state index in [4.69, 9.17) is 0 Å². The number of aromatic nitrogens is 3. The van der Waals surface area contributed by atoms with Crippen LogP contribution in [-0.4, -0.2) is 20.7 Å². The van der Waals surface area contributed by atoms with E-state index in [1.165, 1.54) is 0 Å². The number of carbonyl (C=O) groups excluding carboxylic acids is 1. The third-order valence-corrected chi connectivity index (χ3v) is 4.07. The topological polar surface area (TPSA) is 59.6 Å². The third-order valence-electron chi connectivity index (χ3n) is 4.07. The SMILES string of the molecule is Cc1nn2c(-c3cccc(N=C=O)c3)ccnc2c1-c1ccccc1. The lowest BCUT2D eigenvalue weighted by atomic mass is 10.1. The second-order valence-electron chi connectivity index (χ2n) is 5.65. The molecular weight excluding hydrogens is 312 g/mol. The van der Waals surface area contributed by atoms with Gasteiger partial charge in [-0.15, -0.1) is 0 Å². The fourth-order valence-corrected chi connectivity index (χ4v) is 3.00. The first kappa shape index (κ1) is 15.0. The minimum absolute atomic E-state index is 0.560. The van der Waals surface area contributed by atoms with Crippen LogP contribution in [0.1, 0.15) is 5.69 Å². The molecule has 0 fully saturated rings. The highest BCUT2D eigenvalue weighted by Gasteiger charge is 2.15. The molecule has 120 valence electrons. The summed E-state index contributed by atoms with van der Waals surface area (Å²) in [4.78, 5) is 18.8. The van der Waals surface area contributed by atoms with E-state index in [1.54, 1.807) is 18.3 Å². The first-order valence-corrected chi connectivity index (χ1v) is 7.86. The molecule has 5 nitrogen and oxygen atoms in total. The highest BCUT2D eigenvalue weighted by molar-refractivity contribution is 5.81. The molecule has 0 atom stereocenters. The lowest BCUT2D eigenvalue weighted by Crippen LogP contribution is -1.95. The van der Waals surface area contributed by atoms with E-state index in [0.29, 0.717) is 5.69 Å². The van der Waals surface area contributed by atoms with Crippen molar-refractivity contribution in [2.45, 2.75) is 6.92 Å². The number of aryl methyl sites for hydroxylation is 1. The predicted octanol–water partition coefficient (Wildman–Crippen LogP) is 4.34. The molecule has 0 amide bonds. The molecule has 4 rings (SSSR count). The first-order valence-electron chi connectivity index (χ1n) is 7.86. The zero-order valence-electron chi connectivity index (χ0n) is 13.5. The predicted molar refractivity (Wildman–Crippen MR) is 96.4 cm³/mol. The van der Waals surface area contributed by atoms with Crippen LogP contribution in [0.15, 0.2) is 71.9 Å². The minimum Gasteiger partial charge on any atom is -0.236 e. The quantitative estimate of drug-likeness (QED) is 0.416. The van der Waals surface area contributed by atoms with Gasteiger partial charge in [0, 0.05) is 17.3 Å². The van der Waals surface area contributed by atoms with Crippen molar-refractivity contribution in [3.8, 4) is 22.4 Å². The number of nitrogens with zero attached hydrogens (tertiary/aromatic N) is 4. The molecule has 25 heavy (non-hydrogen) atoms. The van der Waals surface area contributed by atoms with E-state index < -0.39 is 0 Å². The van der Waals surface area contributed by atoms with Crippen molar-refractivity contribution < 1.29 is 4.79 Å². The summed E-state index contributed by atoms with van der Waals surface area (Å²) in [5.41, 5.74) is 6.16. The number of benzene rings is 2. The van der Waals surface area contributed by atoms with E-state index in [9.17, 15) is 4.79 Å². The fraction of sp³-hybridized carbons (Fsp3) is 0.0500. The summed E-state index contributed by atoms with van der Waals surface area (Å²) in [6.45, 7) is 1.98. The summed E-state index contributed by atoms with van der Waals surface area (Å²) < 4.78 is 1.83. The van der Waals surface area contributed by atoms with E-state index in [1.807, 2.05) is 53.9 Å². The van der Waals surface area contributed by atoms with Crippen LogP contribution in [0.3, 0.4) is 0 Å². The standard InChI is InChI=1S/C20H14N4O/c1-14-19(15-6-3-2-4-7-15)20-21-11-10-18(24(20)23-14)16-8-5-9-17(12-16)22-13-25/h2-12H,1H3. The third kappa shape index (κ3) is 2.63. The Kier molecular flexibility index (Phi) is 3.69. The molecule has 0 aliphatic carbocycles. The molecule has 0 spiro atoms. The smallest absolute Gasteiger partial charge is 0.236 e. The van der Waals surface area contributed by atoms with Gasteiger partial charge in [-0.1, -0.05) is 42.5 Å². The van der Waals surface area contributed by atoms with Crippen molar-refractivity contribution in [1.82, 2.24) is 14.6 Å². The molecule has 0 N–H and O–H groups in total. The molecule has 2 heterocycles. The maximum absolute atomic E-state index is 10.5. The maximum atomic E-state index is 10.5. The molecule has 2 aromatic heterocycles. The average Bonchev–Trinajstić information content (AvgIpc) is 2.98. The van der Waals surface area contributed by atoms with Crippen molar-refractivity contribution in [2.24, 2.45) is 4.99 Å². The zero-order chi connectivity index (χ0) is 17.2.